The third-order valence-electron chi connectivity index (χ3n) is 2.78. The zero-order valence-electron chi connectivity index (χ0n) is 9.59. The van der Waals surface area contributed by atoms with E-state index in [1.54, 1.807) is 0 Å². The monoisotopic (exact) mass is 199 g/mol. The van der Waals surface area contributed by atoms with Gasteiger partial charge in [-0.3, -0.25) is 0 Å². The number of rotatable bonds is 2. The number of hydrogen-bond acceptors (Lipinski definition) is 0. The summed E-state index contributed by atoms with van der Waals surface area (Å²) in [4.78, 5) is 3.32. The second-order valence-electron chi connectivity index (χ2n) is 4.29. The van der Waals surface area contributed by atoms with E-state index in [9.17, 15) is 0 Å². The minimum Gasteiger partial charge on any atom is -0.361 e. The van der Waals surface area contributed by atoms with Gasteiger partial charge in [-0.15, -0.1) is 0 Å². The van der Waals surface area contributed by atoms with E-state index in [1.165, 1.54) is 27.6 Å². The first-order valence-corrected chi connectivity index (χ1v) is 5.37. The molecule has 0 saturated heterocycles. The Hall–Kier alpha value is -1.50. The smallest absolute Gasteiger partial charge is 0.0492 e. The van der Waals surface area contributed by atoms with Crippen LogP contribution >= 0.6 is 0 Å². The van der Waals surface area contributed by atoms with Crippen molar-refractivity contribution in [2.45, 2.75) is 27.2 Å². The van der Waals surface area contributed by atoms with E-state index >= 15 is 0 Å². The SMILES string of the molecule is CC(C)=CCc1c(C)ccc2cc[nH]c12. The van der Waals surface area contributed by atoms with Gasteiger partial charge in [0, 0.05) is 11.7 Å². The molecule has 1 heteroatoms. The first-order valence-electron chi connectivity index (χ1n) is 5.37. The number of benzene rings is 1. The summed E-state index contributed by atoms with van der Waals surface area (Å²) < 4.78 is 0. The van der Waals surface area contributed by atoms with Crippen molar-refractivity contribution >= 4 is 10.9 Å². The van der Waals surface area contributed by atoms with Gasteiger partial charge in [0.15, 0.2) is 0 Å². The van der Waals surface area contributed by atoms with Gasteiger partial charge in [0.2, 0.25) is 0 Å². The lowest BCUT2D eigenvalue weighted by Crippen LogP contribution is -1.89. The van der Waals surface area contributed by atoms with Crippen LogP contribution in [0.25, 0.3) is 10.9 Å². The van der Waals surface area contributed by atoms with E-state index in [1.807, 2.05) is 6.20 Å². The third kappa shape index (κ3) is 1.96. The Labute approximate surface area is 90.8 Å². The number of allylic oxidation sites excluding steroid dienone is 2. The first kappa shape index (κ1) is 10.0. The molecular formula is C14H17N. The van der Waals surface area contributed by atoms with Crippen molar-refractivity contribution in [1.29, 1.82) is 0 Å². The molecule has 1 nitrogen and oxygen atoms in total. The highest BCUT2D eigenvalue weighted by Crippen LogP contribution is 2.21. The third-order valence-corrected chi connectivity index (χ3v) is 2.78. The molecule has 0 aliphatic heterocycles. The molecule has 0 fully saturated rings. The van der Waals surface area contributed by atoms with E-state index < -0.39 is 0 Å². The molecule has 78 valence electrons. The first-order chi connectivity index (χ1) is 7.18. The number of H-pyrrole nitrogens is 1. The van der Waals surface area contributed by atoms with Crippen LogP contribution in [0.4, 0.5) is 0 Å². The van der Waals surface area contributed by atoms with Crippen molar-refractivity contribution in [3.8, 4) is 0 Å². The molecule has 0 bridgehead atoms. The fraction of sp³-hybridized carbons (Fsp3) is 0.286. The van der Waals surface area contributed by atoms with Crippen LogP contribution in [0.15, 0.2) is 36.0 Å². The lowest BCUT2D eigenvalue weighted by Gasteiger charge is -2.05. The maximum Gasteiger partial charge on any atom is 0.0492 e. The fourth-order valence-electron chi connectivity index (χ4n) is 1.86. The number of aromatic amines is 1. The Bertz CT molecular complexity index is 499. The minimum absolute atomic E-state index is 1.02. The van der Waals surface area contributed by atoms with Crippen LogP contribution in [0.3, 0.4) is 0 Å². The van der Waals surface area contributed by atoms with Crippen molar-refractivity contribution in [1.82, 2.24) is 4.98 Å². The summed E-state index contributed by atoms with van der Waals surface area (Å²) in [7, 11) is 0. The van der Waals surface area contributed by atoms with Gasteiger partial charge in [0.05, 0.1) is 0 Å². The van der Waals surface area contributed by atoms with E-state index in [2.05, 4.69) is 50.0 Å². The molecule has 0 aliphatic carbocycles. The van der Waals surface area contributed by atoms with Gasteiger partial charge in [-0.1, -0.05) is 23.8 Å². The molecule has 1 aromatic heterocycles. The Kier molecular flexibility index (Phi) is 2.63. The van der Waals surface area contributed by atoms with E-state index in [4.69, 9.17) is 0 Å². The van der Waals surface area contributed by atoms with Gasteiger partial charge in [-0.05, 0) is 49.8 Å². The summed E-state index contributed by atoms with van der Waals surface area (Å²) in [6.45, 7) is 6.46. The molecule has 0 aliphatic rings. The number of aryl methyl sites for hydroxylation is 1. The summed E-state index contributed by atoms with van der Waals surface area (Å²) in [6, 6.07) is 6.50. The molecule has 0 atom stereocenters. The molecule has 2 rings (SSSR count). The quantitative estimate of drug-likeness (QED) is 0.704. The maximum absolute atomic E-state index is 3.32. The summed E-state index contributed by atoms with van der Waals surface area (Å²) in [5, 5.41) is 1.30. The highest BCUT2D eigenvalue weighted by atomic mass is 14.7. The predicted molar refractivity (Wildman–Crippen MR) is 66.2 cm³/mol. The number of nitrogens with one attached hydrogen (secondary N) is 1. The molecule has 0 saturated carbocycles. The van der Waals surface area contributed by atoms with Crippen molar-refractivity contribution < 1.29 is 0 Å². The molecule has 1 N–H and O–H groups in total. The van der Waals surface area contributed by atoms with Crippen LogP contribution in [-0.2, 0) is 6.42 Å². The molecule has 0 spiro atoms. The summed E-state index contributed by atoms with van der Waals surface area (Å²) in [6.07, 6.45) is 5.31. The number of fused-ring (bicyclic) bond motifs is 1. The standard InChI is InChI=1S/C14H17N/c1-10(2)4-7-13-11(3)5-6-12-8-9-15-14(12)13/h4-6,8-9,15H,7H2,1-3H3. The largest absolute Gasteiger partial charge is 0.361 e. The summed E-state index contributed by atoms with van der Waals surface area (Å²) in [5.74, 6) is 0. The molecule has 0 radical (unpaired) electrons. The summed E-state index contributed by atoms with van der Waals surface area (Å²) >= 11 is 0. The van der Waals surface area contributed by atoms with Gasteiger partial charge in [0.25, 0.3) is 0 Å². The van der Waals surface area contributed by atoms with Crippen molar-refractivity contribution in [3.05, 3.63) is 47.2 Å². The van der Waals surface area contributed by atoms with Crippen LogP contribution in [0.5, 0.6) is 0 Å². The van der Waals surface area contributed by atoms with Crippen LogP contribution in [0.1, 0.15) is 25.0 Å². The minimum atomic E-state index is 1.02. The maximum atomic E-state index is 3.32. The lowest BCUT2D eigenvalue weighted by molar-refractivity contribution is 1.19. The molecular weight excluding hydrogens is 182 g/mol. The number of hydrogen-bond donors (Lipinski definition) is 1. The average Bonchev–Trinajstić information content (AvgIpc) is 2.63. The Balaban J connectivity index is 2.51. The van der Waals surface area contributed by atoms with Crippen LogP contribution in [0.2, 0.25) is 0 Å². The highest BCUT2D eigenvalue weighted by molar-refractivity contribution is 5.83. The summed E-state index contributed by atoms with van der Waals surface area (Å²) in [5.41, 5.74) is 5.44. The van der Waals surface area contributed by atoms with Gasteiger partial charge in [0.1, 0.15) is 0 Å². The zero-order valence-corrected chi connectivity index (χ0v) is 9.59. The molecule has 2 aromatic rings. The van der Waals surface area contributed by atoms with E-state index in [0.29, 0.717) is 0 Å². The van der Waals surface area contributed by atoms with Crippen LogP contribution < -0.4 is 0 Å². The van der Waals surface area contributed by atoms with Crippen molar-refractivity contribution in [2.24, 2.45) is 0 Å². The second-order valence-corrected chi connectivity index (χ2v) is 4.29. The van der Waals surface area contributed by atoms with Gasteiger partial charge in [-0.25, -0.2) is 0 Å². The van der Waals surface area contributed by atoms with Crippen molar-refractivity contribution in [2.75, 3.05) is 0 Å². The van der Waals surface area contributed by atoms with Crippen molar-refractivity contribution in [3.63, 3.8) is 0 Å². The van der Waals surface area contributed by atoms with E-state index in [0.717, 1.165) is 6.42 Å². The van der Waals surface area contributed by atoms with Gasteiger partial charge < -0.3 is 4.98 Å². The highest BCUT2D eigenvalue weighted by Gasteiger charge is 2.03. The van der Waals surface area contributed by atoms with Gasteiger partial charge in [-0.2, -0.15) is 0 Å². The molecule has 1 heterocycles. The number of aromatic nitrogens is 1. The lowest BCUT2D eigenvalue weighted by atomic mass is 10.0. The predicted octanol–water partition coefficient (Wildman–Crippen LogP) is 3.99. The molecule has 0 amide bonds. The van der Waals surface area contributed by atoms with Crippen LogP contribution in [0, 0.1) is 6.92 Å². The van der Waals surface area contributed by atoms with Crippen LogP contribution in [-0.4, -0.2) is 4.98 Å². The normalized spacial score (nSPS) is 10.6. The average molecular weight is 199 g/mol. The topological polar surface area (TPSA) is 15.8 Å². The molecule has 0 unspecified atom stereocenters. The molecule has 1 aromatic carbocycles. The Morgan fingerprint density at radius 1 is 1.27 bits per heavy atom. The molecule has 15 heavy (non-hydrogen) atoms. The second kappa shape index (κ2) is 3.93. The van der Waals surface area contributed by atoms with Gasteiger partial charge >= 0.3 is 0 Å². The zero-order chi connectivity index (χ0) is 10.8. The Morgan fingerprint density at radius 2 is 2.07 bits per heavy atom. The van der Waals surface area contributed by atoms with E-state index in [-0.39, 0.29) is 0 Å². The Morgan fingerprint density at radius 3 is 2.80 bits per heavy atom. The fourth-order valence-corrected chi connectivity index (χ4v) is 1.86.